The maximum absolute atomic E-state index is 11.8. The number of aromatic nitrogens is 3. The van der Waals surface area contributed by atoms with Gasteiger partial charge in [-0.05, 0) is 11.3 Å². The zero-order chi connectivity index (χ0) is 13.8. The van der Waals surface area contributed by atoms with E-state index in [-0.39, 0.29) is 11.3 Å². The van der Waals surface area contributed by atoms with Crippen molar-refractivity contribution in [2.45, 2.75) is 34.2 Å². The molecule has 6 nitrogen and oxygen atoms in total. The molecule has 1 rings (SSSR count). The number of hydrogen-bond acceptors (Lipinski definition) is 4. The zero-order valence-corrected chi connectivity index (χ0v) is 11.6. The highest BCUT2D eigenvalue weighted by Crippen LogP contribution is 2.24. The highest BCUT2D eigenvalue weighted by Gasteiger charge is 2.21. The minimum absolute atomic E-state index is 0.171. The fraction of sp³-hybridized carbons (Fsp3) is 0.750. The van der Waals surface area contributed by atoms with Crippen LogP contribution in [0.1, 0.15) is 38.2 Å². The van der Waals surface area contributed by atoms with Crippen LogP contribution in [0.4, 0.5) is 0 Å². The van der Waals surface area contributed by atoms with Gasteiger partial charge in [0.1, 0.15) is 0 Å². The Kier molecular flexibility index (Phi) is 4.84. The molecule has 102 valence electrons. The van der Waals surface area contributed by atoms with Crippen LogP contribution in [0.25, 0.3) is 0 Å². The molecule has 0 radical (unpaired) electrons. The topological polar surface area (TPSA) is 85.8 Å². The smallest absolute Gasteiger partial charge is 0.273 e. The molecule has 0 fully saturated rings. The summed E-state index contributed by atoms with van der Waals surface area (Å²) in [4.78, 5) is 11.8. The highest BCUT2D eigenvalue weighted by molar-refractivity contribution is 5.91. The lowest BCUT2D eigenvalue weighted by molar-refractivity contribution is 0.0932. The maximum atomic E-state index is 11.8. The largest absolute Gasteiger partial charge is 0.350 e. The van der Waals surface area contributed by atoms with E-state index in [1.165, 1.54) is 0 Å². The summed E-state index contributed by atoms with van der Waals surface area (Å²) in [6.07, 6.45) is 1.62. The molecule has 0 saturated carbocycles. The monoisotopic (exact) mass is 253 g/mol. The first-order valence-corrected chi connectivity index (χ1v) is 6.23. The Balaban J connectivity index is 2.50. The summed E-state index contributed by atoms with van der Waals surface area (Å²) >= 11 is 0. The van der Waals surface area contributed by atoms with Crippen LogP contribution in [0.2, 0.25) is 0 Å². The minimum Gasteiger partial charge on any atom is -0.350 e. The molecule has 0 aliphatic heterocycles. The molecule has 1 aromatic heterocycles. The van der Waals surface area contributed by atoms with E-state index in [1.54, 1.807) is 10.9 Å². The van der Waals surface area contributed by atoms with E-state index in [4.69, 9.17) is 5.73 Å². The zero-order valence-electron chi connectivity index (χ0n) is 11.6. The third kappa shape index (κ3) is 4.10. The van der Waals surface area contributed by atoms with Crippen LogP contribution >= 0.6 is 0 Å². The van der Waals surface area contributed by atoms with Crippen molar-refractivity contribution in [2.24, 2.45) is 17.1 Å². The highest BCUT2D eigenvalue weighted by atomic mass is 16.2. The quantitative estimate of drug-likeness (QED) is 0.806. The van der Waals surface area contributed by atoms with Crippen molar-refractivity contribution in [2.75, 3.05) is 13.1 Å². The van der Waals surface area contributed by atoms with Gasteiger partial charge in [0.2, 0.25) is 0 Å². The Hall–Kier alpha value is -1.43. The van der Waals surface area contributed by atoms with E-state index in [1.807, 2.05) is 0 Å². The van der Waals surface area contributed by atoms with Crippen molar-refractivity contribution in [3.63, 3.8) is 0 Å². The van der Waals surface area contributed by atoms with Gasteiger partial charge in [-0.25, -0.2) is 0 Å². The molecular weight excluding hydrogens is 230 g/mol. The Morgan fingerprint density at radius 1 is 1.56 bits per heavy atom. The average Bonchev–Trinajstić information content (AvgIpc) is 2.73. The van der Waals surface area contributed by atoms with Crippen molar-refractivity contribution in [1.29, 1.82) is 0 Å². The Bertz CT molecular complexity index is 393. The van der Waals surface area contributed by atoms with Gasteiger partial charge in [-0.3, -0.25) is 9.48 Å². The molecule has 0 aromatic carbocycles. The first-order chi connectivity index (χ1) is 8.34. The van der Waals surface area contributed by atoms with Crippen molar-refractivity contribution >= 4 is 5.91 Å². The van der Waals surface area contributed by atoms with Crippen molar-refractivity contribution in [3.05, 3.63) is 11.9 Å². The summed E-state index contributed by atoms with van der Waals surface area (Å²) in [5.41, 5.74) is 5.91. The van der Waals surface area contributed by atoms with Gasteiger partial charge in [0.25, 0.3) is 5.91 Å². The minimum atomic E-state index is -0.186. The van der Waals surface area contributed by atoms with Gasteiger partial charge in [-0.15, -0.1) is 5.10 Å². The third-order valence-electron chi connectivity index (χ3n) is 3.18. The normalized spacial score (nSPS) is 13.4. The summed E-state index contributed by atoms with van der Waals surface area (Å²) in [6, 6.07) is 0. The second-order valence-electron chi connectivity index (χ2n) is 5.63. The standard InChI is InChI=1S/C12H23N5O/c1-9(12(2,3)4)7-14-11(18)10-8-17(6-5-13)16-15-10/h8-9H,5-7,13H2,1-4H3,(H,14,18). The Morgan fingerprint density at radius 3 is 2.78 bits per heavy atom. The number of nitrogens with one attached hydrogen (secondary N) is 1. The number of rotatable bonds is 5. The summed E-state index contributed by atoms with van der Waals surface area (Å²) < 4.78 is 1.57. The molecule has 1 heterocycles. The van der Waals surface area contributed by atoms with Crippen LogP contribution in [-0.2, 0) is 6.54 Å². The van der Waals surface area contributed by atoms with Crippen LogP contribution in [0.5, 0.6) is 0 Å². The number of nitrogens with two attached hydrogens (primary N) is 1. The van der Waals surface area contributed by atoms with Crippen LogP contribution in [-0.4, -0.2) is 34.0 Å². The van der Waals surface area contributed by atoms with E-state index in [9.17, 15) is 4.79 Å². The summed E-state index contributed by atoms with van der Waals surface area (Å²) in [5, 5.41) is 10.5. The van der Waals surface area contributed by atoms with Crippen LogP contribution < -0.4 is 11.1 Å². The molecule has 18 heavy (non-hydrogen) atoms. The molecule has 0 saturated heterocycles. The van der Waals surface area contributed by atoms with E-state index in [2.05, 4.69) is 43.3 Å². The lowest BCUT2D eigenvalue weighted by Gasteiger charge is -2.27. The van der Waals surface area contributed by atoms with Crippen molar-refractivity contribution in [3.8, 4) is 0 Å². The van der Waals surface area contributed by atoms with Gasteiger partial charge < -0.3 is 11.1 Å². The third-order valence-corrected chi connectivity index (χ3v) is 3.18. The molecule has 1 amide bonds. The van der Waals surface area contributed by atoms with Crippen LogP contribution in [0.15, 0.2) is 6.20 Å². The average molecular weight is 253 g/mol. The fourth-order valence-electron chi connectivity index (χ4n) is 1.29. The maximum Gasteiger partial charge on any atom is 0.273 e. The fourth-order valence-corrected chi connectivity index (χ4v) is 1.29. The lowest BCUT2D eigenvalue weighted by atomic mass is 9.82. The molecular formula is C12H23N5O. The SMILES string of the molecule is CC(CNC(=O)c1cn(CCN)nn1)C(C)(C)C. The second-order valence-corrected chi connectivity index (χ2v) is 5.63. The first kappa shape index (κ1) is 14.6. The Morgan fingerprint density at radius 2 is 2.22 bits per heavy atom. The van der Waals surface area contributed by atoms with E-state index < -0.39 is 0 Å². The van der Waals surface area contributed by atoms with E-state index in [0.29, 0.717) is 31.2 Å². The van der Waals surface area contributed by atoms with Gasteiger partial charge >= 0.3 is 0 Å². The van der Waals surface area contributed by atoms with Crippen molar-refractivity contribution < 1.29 is 4.79 Å². The Labute approximate surface area is 108 Å². The molecule has 0 aliphatic rings. The van der Waals surface area contributed by atoms with Crippen LogP contribution in [0.3, 0.4) is 0 Å². The lowest BCUT2D eigenvalue weighted by Crippen LogP contribution is -2.33. The van der Waals surface area contributed by atoms with Gasteiger partial charge in [0, 0.05) is 13.1 Å². The molecule has 0 bridgehead atoms. The predicted molar refractivity (Wildman–Crippen MR) is 70.0 cm³/mol. The summed E-state index contributed by atoms with van der Waals surface area (Å²) in [6.45, 7) is 10.3. The number of hydrogen-bond donors (Lipinski definition) is 2. The molecule has 6 heteroatoms. The van der Waals surface area contributed by atoms with Gasteiger partial charge in [-0.2, -0.15) is 0 Å². The predicted octanol–water partition coefficient (Wildman–Crippen LogP) is 0.649. The molecule has 0 aliphatic carbocycles. The van der Waals surface area contributed by atoms with Gasteiger partial charge in [-0.1, -0.05) is 32.9 Å². The number of carbonyl (C=O) groups excluding carboxylic acids is 1. The van der Waals surface area contributed by atoms with Crippen molar-refractivity contribution in [1.82, 2.24) is 20.3 Å². The van der Waals surface area contributed by atoms with Gasteiger partial charge in [0.05, 0.1) is 12.7 Å². The van der Waals surface area contributed by atoms with E-state index >= 15 is 0 Å². The number of amides is 1. The van der Waals surface area contributed by atoms with Crippen LogP contribution in [0, 0.1) is 11.3 Å². The first-order valence-electron chi connectivity index (χ1n) is 6.23. The molecule has 0 spiro atoms. The summed E-state index contributed by atoms with van der Waals surface area (Å²) in [5.74, 6) is 0.204. The second kappa shape index (κ2) is 5.95. The number of carbonyl (C=O) groups is 1. The number of nitrogens with zero attached hydrogens (tertiary/aromatic N) is 3. The van der Waals surface area contributed by atoms with Gasteiger partial charge in [0.15, 0.2) is 5.69 Å². The summed E-state index contributed by atoms with van der Waals surface area (Å²) in [7, 11) is 0. The molecule has 3 N–H and O–H groups in total. The molecule has 1 atom stereocenters. The molecule has 1 unspecified atom stereocenters. The molecule has 1 aromatic rings. The van der Waals surface area contributed by atoms with E-state index in [0.717, 1.165) is 0 Å².